The maximum absolute atomic E-state index is 13.2. The van der Waals surface area contributed by atoms with E-state index in [4.69, 9.17) is 21.1 Å². The molecular formula is C24H22ClN5O4S. The Kier molecular flexibility index (Phi) is 7.13. The van der Waals surface area contributed by atoms with Crippen LogP contribution in [0.15, 0.2) is 72.1 Å². The molecule has 35 heavy (non-hydrogen) atoms. The normalized spacial score (nSPS) is 11.3. The van der Waals surface area contributed by atoms with Crippen LogP contribution < -0.4 is 14.2 Å². The minimum absolute atomic E-state index is 0.0694. The van der Waals surface area contributed by atoms with Gasteiger partial charge in [0.15, 0.2) is 21.8 Å². The highest BCUT2D eigenvalue weighted by molar-refractivity contribution is 7.92. The summed E-state index contributed by atoms with van der Waals surface area (Å²) in [6, 6.07) is 13.3. The van der Waals surface area contributed by atoms with Gasteiger partial charge in [-0.2, -0.15) is 8.42 Å². The summed E-state index contributed by atoms with van der Waals surface area (Å²) in [7, 11) is -2.60. The largest absolute Gasteiger partial charge is 0.497 e. The lowest BCUT2D eigenvalue weighted by molar-refractivity contribution is 0.409. The lowest BCUT2D eigenvalue weighted by atomic mass is 10.1. The van der Waals surface area contributed by atoms with Gasteiger partial charge in [0.05, 0.1) is 7.11 Å². The number of benzene rings is 1. The molecule has 0 atom stereocenters. The smallest absolute Gasteiger partial charge is 0.280 e. The SMILES string of the molecule is COc1cccc(Oc2c(Cl)nc(-c3ccncc3)nc2NS(=O)(=O)c2ccc(C(C)C)cn2)c1. The van der Waals surface area contributed by atoms with Gasteiger partial charge in [-0.25, -0.2) is 15.0 Å². The molecule has 0 unspecified atom stereocenters. The van der Waals surface area contributed by atoms with E-state index in [9.17, 15) is 8.42 Å². The van der Waals surface area contributed by atoms with Gasteiger partial charge in [0.1, 0.15) is 11.5 Å². The molecule has 11 heteroatoms. The monoisotopic (exact) mass is 511 g/mol. The summed E-state index contributed by atoms with van der Waals surface area (Å²) < 4.78 is 40.0. The third kappa shape index (κ3) is 5.67. The molecule has 0 aliphatic heterocycles. The van der Waals surface area contributed by atoms with Crippen molar-refractivity contribution in [3.63, 3.8) is 0 Å². The van der Waals surface area contributed by atoms with Gasteiger partial charge >= 0.3 is 0 Å². The number of rotatable bonds is 8. The molecule has 4 aromatic rings. The molecule has 180 valence electrons. The van der Waals surface area contributed by atoms with E-state index < -0.39 is 10.0 Å². The van der Waals surface area contributed by atoms with Crippen LogP contribution in [-0.4, -0.2) is 35.5 Å². The number of nitrogens with one attached hydrogen (secondary N) is 1. The summed E-state index contributed by atoms with van der Waals surface area (Å²) in [5.74, 6) is 1.08. The fourth-order valence-electron chi connectivity index (χ4n) is 3.07. The Bertz CT molecular complexity index is 1430. The Hall–Kier alpha value is -3.76. The van der Waals surface area contributed by atoms with Crippen LogP contribution in [0, 0.1) is 0 Å². The molecule has 3 aromatic heterocycles. The Balaban J connectivity index is 1.78. The van der Waals surface area contributed by atoms with Crippen LogP contribution in [0.25, 0.3) is 11.4 Å². The van der Waals surface area contributed by atoms with E-state index in [-0.39, 0.29) is 33.5 Å². The summed E-state index contributed by atoms with van der Waals surface area (Å²) in [6.07, 6.45) is 4.66. The van der Waals surface area contributed by atoms with E-state index in [0.29, 0.717) is 17.1 Å². The number of anilines is 1. The van der Waals surface area contributed by atoms with Crippen LogP contribution in [0.4, 0.5) is 5.82 Å². The maximum Gasteiger partial charge on any atom is 0.280 e. The Morgan fingerprint density at radius 3 is 2.40 bits per heavy atom. The molecule has 0 spiro atoms. The van der Waals surface area contributed by atoms with Crippen molar-refractivity contribution in [2.24, 2.45) is 0 Å². The molecule has 4 rings (SSSR count). The summed E-state index contributed by atoms with van der Waals surface area (Å²) >= 11 is 6.47. The average molecular weight is 512 g/mol. The first kappa shape index (κ1) is 24.4. The molecule has 1 aromatic carbocycles. The second kappa shape index (κ2) is 10.2. The Morgan fingerprint density at radius 1 is 1.00 bits per heavy atom. The molecule has 0 bridgehead atoms. The summed E-state index contributed by atoms with van der Waals surface area (Å²) in [6.45, 7) is 3.99. The standard InChI is InChI=1S/C24H22ClN5O4S/c1-15(2)17-7-8-20(27-14-17)35(31,32)30-24-21(34-19-6-4-5-18(13-19)33-3)22(25)28-23(29-24)16-9-11-26-12-10-16/h4-15H,1-3H3,(H,28,29,30). The molecule has 0 saturated carbocycles. The predicted octanol–water partition coefficient (Wildman–Crippen LogP) is 5.31. The molecule has 9 nitrogen and oxygen atoms in total. The molecule has 1 N–H and O–H groups in total. The highest BCUT2D eigenvalue weighted by Gasteiger charge is 2.24. The number of ether oxygens (including phenoxy) is 2. The van der Waals surface area contributed by atoms with Gasteiger partial charge in [0, 0.05) is 30.2 Å². The van der Waals surface area contributed by atoms with Crippen LogP contribution in [0.2, 0.25) is 5.15 Å². The highest BCUT2D eigenvalue weighted by Crippen LogP contribution is 2.37. The van der Waals surface area contributed by atoms with Gasteiger partial charge in [-0.3, -0.25) is 9.71 Å². The zero-order chi connectivity index (χ0) is 25.0. The number of methoxy groups -OCH3 is 1. The number of aromatic nitrogens is 4. The first-order chi connectivity index (χ1) is 16.8. The zero-order valence-corrected chi connectivity index (χ0v) is 20.7. The third-order valence-corrected chi connectivity index (χ3v) is 6.47. The van der Waals surface area contributed by atoms with Gasteiger partial charge < -0.3 is 9.47 Å². The van der Waals surface area contributed by atoms with Gasteiger partial charge in [-0.15, -0.1) is 0 Å². The number of halogens is 1. The molecule has 3 heterocycles. The molecule has 0 saturated heterocycles. The van der Waals surface area contributed by atoms with Crippen molar-refractivity contribution >= 4 is 27.4 Å². The minimum Gasteiger partial charge on any atom is -0.497 e. The lowest BCUT2D eigenvalue weighted by Crippen LogP contribution is -2.17. The van der Waals surface area contributed by atoms with E-state index in [0.717, 1.165) is 5.56 Å². The molecule has 0 aliphatic carbocycles. The molecule has 0 radical (unpaired) electrons. The van der Waals surface area contributed by atoms with E-state index in [1.165, 1.54) is 19.4 Å². The average Bonchev–Trinajstić information content (AvgIpc) is 2.86. The highest BCUT2D eigenvalue weighted by atomic mass is 35.5. The van der Waals surface area contributed by atoms with E-state index in [1.54, 1.807) is 54.9 Å². The molecule has 0 amide bonds. The van der Waals surface area contributed by atoms with Gasteiger partial charge in [0.2, 0.25) is 5.75 Å². The van der Waals surface area contributed by atoms with Crippen molar-refractivity contribution in [2.75, 3.05) is 11.8 Å². The minimum atomic E-state index is -4.13. The van der Waals surface area contributed by atoms with E-state index in [1.807, 2.05) is 13.8 Å². The van der Waals surface area contributed by atoms with E-state index >= 15 is 0 Å². The summed E-state index contributed by atoms with van der Waals surface area (Å²) in [5, 5.41) is -0.259. The fraction of sp³-hybridized carbons (Fsp3) is 0.167. The number of pyridine rings is 2. The molecule has 0 aliphatic rings. The molecule has 0 fully saturated rings. The Morgan fingerprint density at radius 2 is 1.74 bits per heavy atom. The van der Waals surface area contributed by atoms with Crippen LogP contribution in [0.1, 0.15) is 25.3 Å². The maximum atomic E-state index is 13.2. The van der Waals surface area contributed by atoms with Crippen molar-refractivity contribution in [2.45, 2.75) is 24.8 Å². The zero-order valence-electron chi connectivity index (χ0n) is 19.1. The Labute approximate surface area is 208 Å². The van der Waals surface area contributed by atoms with Crippen LogP contribution in [-0.2, 0) is 10.0 Å². The number of sulfonamides is 1. The molecular weight excluding hydrogens is 490 g/mol. The first-order valence-electron chi connectivity index (χ1n) is 10.6. The van der Waals surface area contributed by atoms with Crippen LogP contribution in [0.3, 0.4) is 0 Å². The predicted molar refractivity (Wildman–Crippen MR) is 132 cm³/mol. The number of hydrogen-bond donors (Lipinski definition) is 1. The fourth-order valence-corrected chi connectivity index (χ4v) is 4.21. The van der Waals surface area contributed by atoms with E-state index in [2.05, 4.69) is 24.7 Å². The summed E-state index contributed by atoms with van der Waals surface area (Å²) in [4.78, 5) is 16.8. The number of hydrogen-bond acceptors (Lipinski definition) is 8. The van der Waals surface area contributed by atoms with Gasteiger partial charge in [-0.1, -0.05) is 37.6 Å². The quantitative estimate of drug-likeness (QED) is 0.316. The van der Waals surface area contributed by atoms with Crippen molar-refractivity contribution in [1.82, 2.24) is 19.9 Å². The van der Waals surface area contributed by atoms with Crippen molar-refractivity contribution in [1.29, 1.82) is 0 Å². The second-order valence-electron chi connectivity index (χ2n) is 7.72. The summed E-state index contributed by atoms with van der Waals surface area (Å²) in [5.41, 5.74) is 1.51. The topological polar surface area (TPSA) is 116 Å². The second-order valence-corrected chi connectivity index (χ2v) is 9.71. The number of nitrogens with zero attached hydrogens (tertiary/aromatic N) is 4. The van der Waals surface area contributed by atoms with Crippen molar-refractivity contribution in [3.05, 3.63) is 77.8 Å². The van der Waals surface area contributed by atoms with Gasteiger partial charge in [0.25, 0.3) is 10.0 Å². The van der Waals surface area contributed by atoms with Gasteiger partial charge in [-0.05, 0) is 41.8 Å². The van der Waals surface area contributed by atoms with Crippen molar-refractivity contribution < 1.29 is 17.9 Å². The first-order valence-corrected chi connectivity index (χ1v) is 12.4. The van der Waals surface area contributed by atoms with Crippen LogP contribution in [0.5, 0.6) is 17.2 Å². The van der Waals surface area contributed by atoms with Crippen LogP contribution >= 0.6 is 11.6 Å². The third-order valence-electron chi connectivity index (χ3n) is 4.96. The lowest BCUT2D eigenvalue weighted by Gasteiger charge is -2.15. The van der Waals surface area contributed by atoms with Crippen molar-refractivity contribution in [3.8, 4) is 28.6 Å².